The molecule has 37 heavy (non-hydrogen) atoms. The van der Waals surface area contributed by atoms with Gasteiger partial charge in [0.05, 0.1) is 6.10 Å². The number of hydrogen-bond acceptors (Lipinski definition) is 6. The first-order valence-electron chi connectivity index (χ1n) is 13.6. The van der Waals surface area contributed by atoms with Crippen LogP contribution in [0.25, 0.3) is 0 Å². The van der Waals surface area contributed by atoms with Crippen molar-refractivity contribution in [1.29, 1.82) is 0 Å². The number of ether oxygens (including phenoxy) is 1. The van der Waals surface area contributed by atoms with E-state index in [4.69, 9.17) is 10.5 Å². The zero-order valence-electron chi connectivity index (χ0n) is 22.4. The molecular formula is C28H44N4O4S. The van der Waals surface area contributed by atoms with E-state index in [0.29, 0.717) is 37.6 Å². The second-order valence-corrected chi connectivity index (χ2v) is 11.5. The van der Waals surface area contributed by atoms with Crippen LogP contribution in [0, 0.1) is 11.3 Å². The molecule has 0 radical (unpaired) electrons. The minimum Gasteiger partial charge on any atom is -0.447 e. The zero-order chi connectivity index (χ0) is 27.0. The predicted molar refractivity (Wildman–Crippen MR) is 148 cm³/mol. The van der Waals surface area contributed by atoms with Crippen molar-refractivity contribution in [2.45, 2.75) is 89.9 Å². The van der Waals surface area contributed by atoms with Crippen molar-refractivity contribution >= 4 is 30.5 Å². The second-order valence-electron chi connectivity index (χ2n) is 11.2. The van der Waals surface area contributed by atoms with Crippen LogP contribution in [0.2, 0.25) is 0 Å². The van der Waals surface area contributed by atoms with E-state index in [2.05, 4.69) is 23.3 Å². The highest BCUT2D eigenvalue weighted by Gasteiger charge is 2.45. The number of benzene rings is 1. The molecule has 1 saturated heterocycles. The molecule has 0 bridgehead atoms. The Kier molecular flexibility index (Phi) is 10.7. The molecule has 1 aliphatic carbocycles. The first-order chi connectivity index (χ1) is 17.6. The smallest absolute Gasteiger partial charge is 0.408 e. The van der Waals surface area contributed by atoms with Gasteiger partial charge in [0.25, 0.3) is 0 Å². The topological polar surface area (TPSA) is 114 Å². The summed E-state index contributed by atoms with van der Waals surface area (Å²) in [4.78, 5) is 41.6. The molecule has 2 aliphatic rings. The molecule has 0 spiro atoms. The Balaban J connectivity index is 1.76. The highest BCUT2D eigenvalue weighted by atomic mass is 32.1. The van der Waals surface area contributed by atoms with Gasteiger partial charge in [-0.05, 0) is 76.0 Å². The Morgan fingerprint density at radius 1 is 1.14 bits per heavy atom. The number of alkyl carbamates (subject to hydrolysis) is 1. The van der Waals surface area contributed by atoms with Gasteiger partial charge in [0.15, 0.2) is 0 Å². The maximum Gasteiger partial charge on any atom is 0.408 e. The molecular weight excluding hydrogens is 488 g/mol. The molecule has 2 unspecified atom stereocenters. The van der Waals surface area contributed by atoms with E-state index in [1.807, 2.05) is 37.3 Å². The van der Waals surface area contributed by atoms with E-state index in [0.717, 1.165) is 37.7 Å². The van der Waals surface area contributed by atoms with Crippen LogP contribution in [-0.4, -0.2) is 65.9 Å². The molecule has 1 aromatic carbocycles. The van der Waals surface area contributed by atoms with E-state index >= 15 is 0 Å². The molecule has 2 fully saturated rings. The third-order valence-electron chi connectivity index (χ3n) is 7.66. The van der Waals surface area contributed by atoms with Crippen molar-refractivity contribution in [3.8, 4) is 0 Å². The molecule has 3 amide bonds. The predicted octanol–water partition coefficient (Wildman–Crippen LogP) is 3.29. The van der Waals surface area contributed by atoms with Crippen molar-refractivity contribution in [1.82, 2.24) is 15.5 Å². The number of nitrogens with one attached hydrogen (secondary N) is 2. The molecule has 1 aromatic rings. The molecule has 4 N–H and O–H groups in total. The quantitative estimate of drug-likeness (QED) is 0.345. The number of likely N-dealkylation sites (tertiary alicyclic amines) is 1. The number of nitrogens with two attached hydrogens (primary N) is 1. The molecule has 1 aliphatic heterocycles. The number of carbonyl (C=O) groups is 3. The number of hydrogen-bond donors (Lipinski definition) is 4. The van der Waals surface area contributed by atoms with E-state index in [-0.39, 0.29) is 24.0 Å². The minimum atomic E-state index is -0.898. The average molecular weight is 533 g/mol. The number of rotatable bonds is 10. The fourth-order valence-electron chi connectivity index (χ4n) is 5.44. The van der Waals surface area contributed by atoms with Crippen LogP contribution in [-0.2, 0) is 20.7 Å². The summed E-state index contributed by atoms with van der Waals surface area (Å²) in [7, 11) is 0. The van der Waals surface area contributed by atoms with Crippen molar-refractivity contribution in [2.24, 2.45) is 17.1 Å². The van der Waals surface area contributed by atoms with Gasteiger partial charge in [0, 0.05) is 24.5 Å². The van der Waals surface area contributed by atoms with Crippen molar-refractivity contribution in [3.63, 3.8) is 0 Å². The van der Waals surface area contributed by atoms with E-state index in [9.17, 15) is 14.4 Å². The minimum absolute atomic E-state index is 0.125. The van der Waals surface area contributed by atoms with E-state index in [1.54, 1.807) is 18.7 Å². The highest BCUT2D eigenvalue weighted by molar-refractivity contribution is 7.80. The highest BCUT2D eigenvalue weighted by Crippen LogP contribution is 2.32. The number of amides is 3. The largest absolute Gasteiger partial charge is 0.447 e. The molecule has 8 nitrogen and oxygen atoms in total. The van der Waals surface area contributed by atoms with Gasteiger partial charge in [-0.15, -0.1) is 0 Å². The van der Waals surface area contributed by atoms with Gasteiger partial charge in [0.1, 0.15) is 12.1 Å². The average Bonchev–Trinajstić information content (AvgIpc) is 3.37. The van der Waals surface area contributed by atoms with Gasteiger partial charge in [-0.1, -0.05) is 37.3 Å². The number of nitrogens with zero attached hydrogens (tertiary/aromatic N) is 1. The monoisotopic (exact) mass is 532 g/mol. The third kappa shape index (κ3) is 8.11. The lowest BCUT2D eigenvalue weighted by atomic mass is 9.77. The van der Waals surface area contributed by atoms with Crippen LogP contribution >= 0.6 is 12.6 Å². The lowest BCUT2D eigenvalue weighted by Gasteiger charge is -2.39. The van der Waals surface area contributed by atoms with Crippen LogP contribution in [0.1, 0.15) is 64.9 Å². The summed E-state index contributed by atoms with van der Waals surface area (Å²) in [5.41, 5.74) is 6.35. The molecule has 1 saturated carbocycles. The molecule has 9 heteroatoms. The lowest BCUT2D eigenvalue weighted by molar-refractivity contribution is -0.142. The summed E-state index contributed by atoms with van der Waals surface area (Å²) in [6.07, 6.45) is 4.89. The van der Waals surface area contributed by atoms with Crippen LogP contribution in [0.15, 0.2) is 30.3 Å². The van der Waals surface area contributed by atoms with Crippen LogP contribution in [0.3, 0.4) is 0 Å². The first kappa shape index (κ1) is 29.3. The maximum atomic E-state index is 14.0. The van der Waals surface area contributed by atoms with Crippen LogP contribution in [0.5, 0.6) is 0 Å². The Morgan fingerprint density at radius 3 is 2.43 bits per heavy atom. The van der Waals surface area contributed by atoms with Crippen molar-refractivity contribution in [2.75, 3.05) is 18.8 Å². The molecule has 3 rings (SSSR count). The van der Waals surface area contributed by atoms with Crippen molar-refractivity contribution < 1.29 is 19.1 Å². The maximum absolute atomic E-state index is 14.0. The summed E-state index contributed by atoms with van der Waals surface area (Å²) < 4.78 is 5.34. The molecule has 1 heterocycles. The van der Waals surface area contributed by atoms with Crippen LogP contribution in [0.4, 0.5) is 4.79 Å². The lowest BCUT2D eigenvalue weighted by Crippen LogP contribution is -2.60. The number of carbonyl (C=O) groups excluding carboxylic acids is 3. The van der Waals surface area contributed by atoms with E-state index in [1.165, 1.54) is 0 Å². The molecule has 3 atom stereocenters. The van der Waals surface area contributed by atoms with Gasteiger partial charge >= 0.3 is 6.09 Å². The summed E-state index contributed by atoms with van der Waals surface area (Å²) in [5.74, 6) is 0.386. The third-order valence-corrected chi connectivity index (χ3v) is 8.38. The number of thiol groups is 1. The fraction of sp³-hybridized carbons (Fsp3) is 0.679. The van der Waals surface area contributed by atoms with Gasteiger partial charge in [-0.3, -0.25) is 9.59 Å². The normalized spacial score (nSPS) is 24.3. The van der Waals surface area contributed by atoms with Gasteiger partial charge in [0.2, 0.25) is 11.8 Å². The standard InChI is InChI=1S/C28H44N4O4S/c1-19(2)36-27(35)31-24(28(3,18-37)16-20-8-5-4-6-9-20)26(34)32-15-7-10-23(32)25(33)30-17-21-11-13-22(29)14-12-21/h4-6,8-9,19,21-24,37H,7,10-18,29H2,1-3H3,(H,30,33)(H,31,35)/t21?,22?,23-,24?,28?/m0/s1. The Labute approximate surface area is 226 Å². The molecule has 0 aromatic heterocycles. The van der Waals surface area contributed by atoms with Crippen LogP contribution < -0.4 is 16.4 Å². The summed E-state index contributed by atoms with van der Waals surface area (Å²) in [6.45, 7) is 6.55. The zero-order valence-corrected chi connectivity index (χ0v) is 23.3. The van der Waals surface area contributed by atoms with Gasteiger partial charge < -0.3 is 26.0 Å². The first-order valence-corrected chi connectivity index (χ1v) is 14.2. The SMILES string of the molecule is CC(C)OC(=O)NC(C(=O)N1CCC[C@H]1C(=O)NCC1CCC(N)CC1)C(C)(CS)Cc1ccccc1. The van der Waals surface area contributed by atoms with E-state index < -0.39 is 23.6 Å². The fourth-order valence-corrected chi connectivity index (χ4v) is 5.73. The summed E-state index contributed by atoms with van der Waals surface area (Å²) in [6, 6.07) is 8.66. The molecule has 206 valence electrons. The van der Waals surface area contributed by atoms with Gasteiger partial charge in [-0.25, -0.2) is 4.79 Å². The summed E-state index contributed by atoms with van der Waals surface area (Å²) in [5, 5.41) is 5.93. The Morgan fingerprint density at radius 2 is 1.81 bits per heavy atom. The van der Waals surface area contributed by atoms with Crippen molar-refractivity contribution in [3.05, 3.63) is 35.9 Å². The second kappa shape index (κ2) is 13.5. The van der Waals surface area contributed by atoms with Gasteiger partial charge in [-0.2, -0.15) is 12.6 Å². The Hall–Kier alpha value is -2.26. The Bertz CT molecular complexity index is 907. The summed E-state index contributed by atoms with van der Waals surface area (Å²) >= 11 is 4.61.